The fourth-order valence-electron chi connectivity index (χ4n) is 7.26. The van der Waals surface area contributed by atoms with Crippen LogP contribution in [0.5, 0.6) is 0 Å². The normalized spacial score (nSPS) is 12.6. The molecule has 0 saturated heterocycles. The summed E-state index contributed by atoms with van der Waals surface area (Å²) in [5, 5.41) is 17.5. The van der Waals surface area contributed by atoms with Crippen molar-refractivity contribution in [2.75, 3.05) is 0 Å². The van der Waals surface area contributed by atoms with E-state index in [2.05, 4.69) is 109 Å². The van der Waals surface area contributed by atoms with Crippen molar-refractivity contribution in [3.8, 4) is 0 Å². The summed E-state index contributed by atoms with van der Waals surface area (Å²) in [6.45, 7) is -2.71. The molecule has 0 N–H and O–H groups in total. The first kappa shape index (κ1) is 23.0. The van der Waals surface area contributed by atoms with Crippen molar-refractivity contribution in [3.05, 3.63) is 139 Å². The third-order valence-corrected chi connectivity index (χ3v) is 12.7. The molecule has 9 rings (SSSR count). The van der Waals surface area contributed by atoms with E-state index in [0.29, 0.717) is 5.30 Å². The van der Waals surface area contributed by atoms with Crippen LogP contribution in [0, 0.1) is 5.82 Å². The fourth-order valence-corrected chi connectivity index (χ4v) is 10.7. The predicted molar refractivity (Wildman–Crippen MR) is 180 cm³/mol. The molecule has 0 heterocycles. The fraction of sp³-hybridized carbons (Fsp3) is 0. The zero-order valence-electron chi connectivity index (χ0n) is 22.2. The van der Waals surface area contributed by atoms with E-state index in [4.69, 9.17) is 6.30 Å². The topological polar surface area (TPSA) is 0 Å². The van der Waals surface area contributed by atoms with Crippen molar-refractivity contribution >= 4 is 93.7 Å². The summed E-state index contributed by atoms with van der Waals surface area (Å²) in [5.41, 5.74) is 0. The van der Waals surface area contributed by atoms with Gasteiger partial charge in [0.1, 0.15) is 5.82 Å². The molecule has 0 saturated carbocycles. The monoisotopic (exact) mass is 542 g/mol. The van der Waals surface area contributed by atoms with E-state index in [9.17, 15) is 0 Å². The van der Waals surface area contributed by atoms with Crippen LogP contribution in [0.3, 0.4) is 0 Å². The molecule has 0 fully saturated rings. The summed E-state index contributed by atoms with van der Waals surface area (Å²) in [6, 6.07) is 46.8. The zero-order chi connectivity index (χ0) is 27.3. The van der Waals surface area contributed by atoms with Crippen LogP contribution in [0.25, 0.3) is 64.6 Å². The Kier molecular flexibility index (Phi) is 4.59. The van der Waals surface area contributed by atoms with Crippen LogP contribution in [0.15, 0.2) is 133 Å². The van der Waals surface area contributed by atoms with Gasteiger partial charge in [-0.3, -0.25) is 0 Å². The van der Waals surface area contributed by atoms with Gasteiger partial charge in [0.25, 0.3) is 0 Å². The minimum Gasteiger partial charge on any atom is -0.206 e. The van der Waals surface area contributed by atoms with E-state index in [1.807, 2.05) is 12.1 Å². The van der Waals surface area contributed by atoms with Crippen molar-refractivity contribution in [1.82, 2.24) is 0 Å². The number of benzene rings is 9. The highest BCUT2D eigenvalue weighted by molar-refractivity contribution is 7.94. The molecule has 0 aliphatic carbocycles. The van der Waals surface area contributed by atoms with Gasteiger partial charge >= 0.3 is 0 Å². The quantitative estimate of drug-likeness (QED) is 0.154. The number of hydrogen-bond donors (Lipinski definition) is 0. The number of halogens is 1. The summed E-state index contributed by atoms with van der Waals surface area (Å²) in [4.78, 5) is 0. The van der Waals surface area contributed by atoms with Gasteiger partial charge < -0.3 is 0 Å². The Hall–Kier alpha value is -4.71. The summed E-state index contributed by atoms with van der Waals surface area (Å²) >= 11 is 0. The van der Waals surface area contributed by atoms with Crippen molar-refractivity contribution < 1.29 is 4.39 Å². The molecule has 41 heavy (non-hydrogen) atoms. The van der Waals surface area contributed by atoms with Gasteiger partial charge in [-0.05, 0) is 88.2 Å². The second kappa shape index (κ2) is 8.16. The zero-order valence-corrected chi connectivity index (χ0v) is 23.1. The molecule has 0 aliphatic rings. The second-order valence-electron chi connectivity index (χ2n) is 11.1. The van der Waals surface area contributed by atoms with Gasteiger partial charge in [-0.25, -0.2) is 4.39 Å². The molecule has 0 unspecified atom stereocenters. The lowest BCUT2D eigenvalue weighted by Crippen LogP contribution is -2.28. The van der Waals surface area contributed by atoms with Crippen LogP contribution in [0.2, 0.25) is 0 Å². The maximum Gasteiger partial charge on any atom is 0.131 e. The molecular weight excluding hydrogens is 518 g/mol. The molecule has 192 valence electrons. The van der Waals surface area contributed by atoms with Gasteiger partial charge in [0.05, 0.1) is 0 Å². The maximum atomic E-state index is 16.0. The summed E-state index contributed by atoms with van der Waals surface area (Å²) in [7, 11) is 0. The average Bonchev–Trinajstić information content (AvgIpc) is 3.02. The number of rotatable bonds is 3. The Morgan fingerprint density at radius 3 is 1.22 bits per heavy atom. The van der Waals surface area contributed by atoms with E-state index in [1.54, 1.807) is 12.1 Å². The molecule has 0 amide bonds. The molecular formula is C39H24FP. The smallest absolute Gasteiger partial charge is 0.131 e. The summed E-state index contributed by atoms with van der Waals surface area (Å²) in [6.07, 6.45) is 5.08. The molecule has 0 nitrogen and oxygen atoms in total. The van der Waals surface area contributed by atoms with E-state index in [1.165, 1.54) is 53.9 Å². The SMILES string of the molecule is C=P(c1ccccc1F)(c1ccc2ccc3cccc4ccc1c2c34)c1ccc2ccc3cccc4ccc1c2c34. The number of hydrogen-bond acceptors (Lipinski definition) is 0. The minimum absolute atomic E-state index is 0.202. The standard InChI is InChI=1S/C39H24FP/c1-41(35-11-3-2-10-32(35)40,33-22-18-28-14-12-24-6-4-8-26-16-20-30(33)38(28)36(24)26)34-23-19-29-15-13-25-7-5-9-27-17-21-31(34)39(29)37(25)27/h2-23H,1H2. The lowest BCUT2D eigenvalue weighted by molar-refractivity contribution is 0.636. The van der Waals surface area contributed by atoms with Gasteiger partial charge in [0, 0.05) is 5.30 Å². The van der Waals surface area contributed by atoms with Crippen LogP contribution in [0.1, 0.15) is 0 Å². The van der Waals surface area contributed by atoms with Crippen LogP contribution < -0.4 is 15.9 Å². The molecule has 0 aliphatic heterocycles. The Morgan fingerprint density at radius 1 is 0.366 bits per heavy atom. The molecule has 0 spiro atoms. The van der Waals surface area contributed by atoms with Gasteiger partial charge in [-0.2, -0.15) is 0 Å². The molecule has 0 radical (unpaired) electrons. The highest BCUT2D eigenvalue weighted by Gasteiger charge is 2.30. The molecule has 9 aromatic rings. The highest BCUT2D eigenvalue weighted by atomic mass is 31.2. The van der Waals surface area contributed by atoms with Crippen LogP contribution in [0.4, 0.5) is 4.39 Å². The third kappa shape index (κ3) is 2.99. The lowest BCUT2D eigenvalue weighted by atomic mass is 9.94. The Balaban J connectivity index is 1.48. The van der Waals surface area contributed by atoms with E-state index in [0.717, 1.165) is 21.4 Å². The van der Waals surface area contributed by atoms with Gasteiger partial charge in [-0.1, -0.05) is 134 Å². The van der Waals surface area contributed by atoms with E-state index >= 15 is 4.39 Å². The van der Waals surface area contributed by atoms with Crippen molar-refractivity contribution in [1.29, 1.82) is 0 Å². The van der Waals surface area contributed by atoms with Gasteiger partial charge in [-0.15, -0.1) is 0 Å². The van der Waals surface area contributed by atoms with E-state index < -0.39 is 6.89 Å². The second-order valence-corrected chi connectivity index (χ2v) is 14.2. The van der Waals surface area contributed by atoms with Crippen LogP contribution >= 0.6 is 6.89 Å². The lowest BCUT2D eigenvalue weighted by Gasteiger charge is -2.30. The molecule has 9 aromatic carbocycles. The van der Waals surface area contributed by atoms with Crippen LogP contribution in [-0.2, 0) is 0 Å². The van der Waals surface area contributed by atoms with Crippen molar-refractivity contribution in [2.24, 2.45) is 0 Å². The third-order valence-electron chi connectivity index (χ3n) is 9.10. The Labute approximate surface area is 236 Å². The van der Waals surface area contributed by atoms with Crippen LogP contribution in [-0.4, -0.2) is 6.30 Å². The predicted octanol–water partition coefficient (Wildman–Crippen LogP) is 9.35. The summed E-state index contributed by atoms with van der Waals surface area (Å²) < 4.78 is 16.0. The Morgan fingerprint density at radius 2 is 0.756 bits per heavy atom. The first-order chi connectivity index (χ1) is 20.1. The molecule has 0 aromatic heterocycles. The summed E-state index contributed by atoms with van der Waals surface area (Å²) in [5.74, 6) is -0.202. The minimum atomic E-state index is -2.71. The first-order valence-electron chi connectivity index (χ1n) is 14.0. The maximum absolute atomic E-state index is 16.0. The molecule has 0 bridgehead atoms. The van der Waals surface area contributed by atoms with Crippen molar-refractivity contribution in [3.63, 3.8) is 0 Å². The first-order valence-corrected chi connectivity index (χ1v) is 15.9. The largest absolute Gasteiger partial charge is 0.206 e. The van der Waals surface area contributed by atoms with Gasteiger partial charge in [0.15, 0.2) is 0 Å². The molecule has 0 atom stereocenters. The van der Waals surface area contributed by atoms with Crippen molar-refractivity contribution in [2.45, 2.75) is 0 Å². The average molecular weight is 543 g/mol. The van der Waals surface area contributed by atoms with E-state index in [-0.39, 0.29) is 5.82 Å². The highest BCUT2D eigenvalue weighted by Crippen LogP contribution is 2.49. The molecule has 2 heteroatoms. The Bertz CT molecular complexity index is 2340. The van der Waals surface area contributed by atoms with Gasteiger partial charge in [0.2, 0.25) is 0 Å².